The average Bonchev–Trinajstić information content (AvgIpc) is 2.83. The van der Waals surface area contributed by atoms with Crippen LogP contribution in [0.15, 0.2) is 54.6 Å². The largest absolute Gasteiger partial charge is 0.507 e. The lowest BCUT2D eigenvalue weighted by atomic mass is 9.93. The number of ether oxygens (including phenoxy) is 2. The topological polar surface area (TPSA) is 79.2 Å². The Hall–Kier alpha value is -3.02. The smallest absolute Gasteiger partial charge is 0.163 e. The quantitative estimate of drug-likeness (QED) is 0.294. The van der Waals surface area contributed by atoms with Gasteiger partial charge in [-0.15, -0.1) is 0 Å². The Balaban J connectivity index is 2.03. The molecule has 5 heteroatoms. The van der Waals surface area contributed by atoms with Crippen molar-refractivity contribution in [2.24, 2.45) is 5.92 Å². The van der Waals surface area contributed by atoms with E-state index in [2.05, 4.69) is 0 Å². The number of benzene rings is 3. The predicted molar refractivity (Wildman–Crippen MR) is 144 cm³/mol. The molecule has 3 unspecified atom stereocenters. The predicted octanol–water partition coefficient (Wildman–Crippen LogP) is 6.69. The zero-order chi connectivity index (χ0) is 26.6. The summed E-state index contributed by atoms with van der Waals surface area (Å²) in [4.78, 5) is 0. The maximum Gasteiger partial charge on any atom is 0.163 e. The molecule has 0 aliphatic carbocycles. The van der Waals surface area contributed by atoms with Crippen molar-refractivity contribution in [2.45, 2.75) is 72.7 Å². The van der Waals surface area contributed by atoms with Gasteiger partial charge in [-0.05, 0) is 90.8 Å². The third-order valence-corrected chi connectivity index (χ3v) is 6.55. The first kappa shape index (κ1) is 27.6. The van der Waals surface area contributed by atoms with E-state index < -0.39 is 18.3 Å². The Labute approximate surface area is 215 Å². The summed E-state index contributed by atoms with van der Waals surface area (Å²) in [6, 6.07) is 17.1. The van der Waals surface area contributed by atoms with Crippen LogP contribution in [-0.2, 0) is 0 Å². The molecule has 0 aliphatic rings. The molecule has 36 heavy (non-hydrogen) atoms. The molecule has 0 saturated heterocycles. The molecule has 0 aliphatic heterocycles. The van der Waals surface area contributed by atoms with E-state index >= 15 is 0 Å². The highest BCUT2D eigenvalue weighted by Crippen LogP contribution is 2.36. The summed E-state index contributed by atoms with van der Waals surface area (Å²) in [5.41, 5.74) is 5.29. The van der Waals surface area contributed by atoms with Gasteiger partial charge in [0.15, 0.2) is 12.2 Å². The Bertz CT molecular complexity index is 1150. The van der Waals surface area contributed by atoms with Crippen molar-refractivity contribution < 1.29 is 24.8 Å². The van der Waals surface area contributed by atoms with Gasteiger partial charge >= 0.3 is 0 Å². The maximum absolute atomic E-state index is 10.6. The molecule has 0 amide bonds. The fourth-order valence-electron chi connectivity index (χ4n) is 4.36. The molecule has 3 atom stereocenters. The van der Waals surface area contributed by atoms with Gasteiger partial charge in [-0.1, -0.05) is 57.5 Å². The zero-order valence-corrected chi connectivity index (χ0v) is 22.4. The molecule has 3 aromatic rings. The summed E-state index contributed by atoms with van der Waals surface area (Å²) < 4.78 is 12.8. The molecule has 0 saturated carbocycles. The van der Waals surface area contributed by atoms with Gasteiger partial charge in [0.25, 0.3) is 0 Å². The molecule has 0 heterocycles. The summed E-state index contributed by atoms with van der Waals surface area (Å²) in [6.45, 7) is 13.6. The van der Waals surface area contributed by atoms with Gasteiger partial charge in [0.1, 0.15) is 17.2 Å². The number of phenols is 1. The van der Waals surface area contributed by atoms with Crippen molar-refractivity contribution in [1.82, 2.24) is 0 Å². The van der Waals surface area contributed by atoms with Gasteiger partial charge in [0.2, 0.25) is 0 Å². The zero-order valence-electron chi connectivity index (χ0n) is 22.4. The second kappa shape index (κ2) is 11.8. The van der Waals surface area contributed by atoms with Crippen LogP contribution in [0, 0.1) is 26.7 Å². The average molecular weight is 493 g/mol. The highest BCUT2D eigenvalue weighted by atomic mass is 16.5. The number of phenolic OH excluding ortho intramolecular Hbond substituents is 1. The molecular formula is C31H40O5. The molecule has 3 rings (SSSR count). The Morgan fingerprint density at radius 1 is 0.778 bits per heavy atom. The summed E-state index contributed by atoms with van der Waals surface area (Å²) in [6.07, 6.45) is -1.90. The van der Waals surface area contributed by atoms with Crippen molar-refractivity contribution in [2.75, 3.05) is 6.61 Å². The van der Waals surface area contributed by atoms with Crippen molar-refractivity contribution >= 4 is 0 Å². The van der Waals surface area contributed by atoms with E-state index in [9.17, 15) is 15.3 Å². The lowest BCUT2D eigenvalue weighted by molar-refractivity contribution is 0.0142. The summed E-state index contributed by atoms with van der Waals surface area (Å²) in [7, 11) is 0. The first-order chi connectivity index (χ1) is 17.0. The normalized spacial score (nSPS) is 14.1. The molecular weight excluding hydrogens is 452 g/mol. The number of aliphatic hydroxyl groups is 2. The van der Waals surface area contributed by atoms with Crippen molar-refractivity contribution in [3.8, 4) is 17.2 Å². The Kier molecular flexibility index (Phi) is 9.04. The molecule has 0 aromatic heterocycles. The summed E-state index contributed by atoms with van der Waals surface area (Å²) in [5.74, 6) is 1.76. The van der Waals surface area contributed by atoms with Gasteiger partial charge < -0.3 is 24.8 Å². The van der Waals surface area contributed by atoms with Crippen LogP contribution < -0.4 is 9.47 Å². The molecule has 5 nitrogen and oxygen atoms in total. The third kappa shape index (κ3) is 6.40. The van der Waals surface area contributed by atoms with Crippen LogP contribution in [0.3, 0.4) is 0 Å². The van der Waals surface area contributed by atoms with Crippen LogP contribution in [0.5, 0.6) is 17.2 Å². The van der Waals surface area contributed by atoms with Gasteiger partial charge in [-0.2, -0.15) is 0 Å². The molecule has 0 bridgehead atoms. The van der Waals surface area contributed by atoms with E-state index in [-0.39, 0.29) is 24.2 Å². The molecule has 0 spiro atoms. The van der Waals surface area contributed by atoms with E-state index in [1.807, 2.05) is 103 Å². The van der Waals surface area contributed by atoms with Crippen LogP contribution >= 0.6 is 0 Å². The Morgan fingerprint density at radius 3 is 2.00 bits per heavy atom. The highest BCUT2D eigenvalue weighted by molar-refractivity contribution is 5.46. The Morgan fingerprint density at radius 2 is 1.44 bits per heavy atom. The van der Waals surface area contributed by atoms with E-state index in [0.717, 1.165) is 33.4 Å². The van der Waals surface area contributed by atoms with Crippen LogP contribution in [0.25, 0.3) is 0 Å². The first-order valence-electron chi connectivity index (χ1n) is 12.6. The molecule has 0 radical (unpaired) electrons. The molecule has 194 valence electrons. The number of aromatic hydroxyl groups is 1. The summed E-state index contributed by atoms with van der Waals surface area (Å²) in [5, 5.41) is 31.5. The van der Waals surface area contributed by atoms with E-state index in [4.69, 9.17) is 9.47 Å². The minimum absolute atomic E-state index is 0.101. The molecule has 0 fully saturated rings. The fourth-order valence-corrected chi connectivity index (χ4v) is 4.36. The lowest BCUT2D eigenvalue weighted by Gasteiger charge is -2.29. The van der Waals surface area contributed by atoms with Gasteiger partial charge in [0.05, 0.1) is 12.7 Å². The summed E-state index contributed by atoms with van der Waals surface area (Å²) >= 11 is 0. The van der Waals surface area contributed by atoms with Crippen LogP contribution in [0.2, 0.25) is 0 Å². The van der Waals surface area contributed by atoms with Crippen LogP contribution in [0.1, 0.15) is 79.2 Å². The molecule has 3 N–H and O–H groups in total. The number of hydrogen-bond acceptors (Lipinski definition) is 5. The SMILES string of the molecule is Cc1ccc(OC(CO)C(Oc2ccc(C(O)C(C)C)cc2)c2cc(C)c(O)c(C(C)C)c2)c(C)c1. The van der Waals surface area contributed by atoms with E-state index in [1.165, 1.54) is 0 Å². The minimum atomic E-state index is -0.698. The van der Waals surface area contributed by atoms with Gasteiger partial charge in [0, 0.05) is 0 Å². The maximum atomic E-state index is 10.6. The number of hydrogen-bond donors (Lipinski definition) is 3. The van der Waals surface area contributed by atoms with Crippen LogP contribution in [-0.4, -0.2) is 28.0 Å². The second-order valence-corrected chi connectivity index (χ2v) is 10.3. The standard InChI is InChI=1S/C31H40O5/c1-18(2)26-16-24(15-22(7)30(26)34)31(28(17-32)36-27-13-8-20(5)14-21(27)6)35-25-11-9-23(10-12-25)29(33)19(3)4/h8-16,18-19,28-29,31-34H,17H2,1-7H3. The lowest BCUT2D eigenvalue weighted by Crippen LogP contribution is -2.33. The second-order valence-electron chi connectivity index (χ2n) is 10.3. The molecule has 3 aromatic carbocycles. The van der Waals surface area contributed by atoms with E-state index in [0.29, 0.717) is 11.5 Å². The fraction of sp³-hybridized carbons (Fsp3) is 0.419. The monoisotopic (exact) mass is 492 g/mol. The van der Waals surface area contributed by atoms with Gasteiger partial charge in [-0.3, -0.25) is 0 Å². The van der Waals surface area contributed by atoms with E-state index in [1.54, 1.807) is 0 Å². The van der Waals surface area contributed by atoms with Crippen LogP contribution in [0.4, 0.5) is 0 Å². The highest BCUT2D eigenvalue weighted by Gasteiger charge is 2.29. The first-order valence-corrected chi connectivity index (χ1v) is 12.6. The number of aliphatic hydroxyl groups excluding tert-OH is 2. The number of aryl methyl sites for hydroxylation is 3. The minimum Gasteiger partial charge on any atom is -0.507 e. The van der Waals surface area contributed by atoms with Gasteiger partial charge in [-0.25, -0.2) is 0 Å². The van der Waals surface area contributed by atoms with Crippen molar-refractivity contribution in [1.29, 1.82) is 0 Å². The number of rotatable bonds is 10. The van der Waals surface area contributed by atoms with Crippen molar-refractivity contribution in [3.63, 3.8) is 0 Å². The van der Waals surface area contributed by atoms with Crippen molar-refractivity contribution in [3.05, 3.63) is 88.0 Å². The third-order valence-electron chi connectivity index (χ3n) is 6.55.